The Bertz CT molecular complexity index is 742. The van der Waals surface area contributed by atoms with E-state index in [0.717, 1.165) is 5.56 Å². The Morgan fingerprint density at radius 2 is 2.04 bits per heavy atom. The number of likely N-dealkylation sites (tertiary alicyclic amines) is 1. The second-order valence-corrected chi connectivity index (χ2v) is 5.81. The lowest BCUT2D eigenvalue weighted by Gasteiger charge is -2.15. The van der Waals surface area contributed by atoms with Gasteiger partial charge in [-0.2, -0.15) is 5.10 Å². The molecule has 1 aliphatic heterocycles. The number of carbonyl (C=O) groups excluding carboxylic acids is 2. The number of amides is 2. The zero-order chi connectivity index (χ0) is 17.1. The summed E-state index contributed by atoms with van der Waals surface area (Å²) < 4.78 is 19.9. The van der Waals surface area contributed by atoms with Crippen molar-refractivity contribution < 1.29 is 18.7 Å². The predicted molar refractivity (Wildman–Crippen MR) is 83.6 cm³/mol. The van der Waals surface area contributed by atoms with Crippen LogP contribution in [0.3, 0.4) is 0 Å². The molecular formula is C17H18FN3O3. The van der Waals surface area contributed by atoms with Gasteiger partial charge in [0.15, 0.2) is 0 Å². The highest BCUT2D eigenvalue weighted by Gasteiger charge is 2.38. The van der Waals surface area contributed by atoms with Gasteiger partial charge in [0.2, 0.25) is 11.8 Å². The van der Waals surface area contributed by atoms with E-state index in [2.05, 4.69) is 5.10 Å². The molecule has 1 saturated heterocycles. The summed E-state index contributed by atoms with van der Waals surface area (Å²) in [6.45, 7) is 0.376. The van der Waals surface area contributed by atoms with Gasteiger partial charge in [0.1, 0.15) is 18.2 Å². The SMILES string of the molecule is Cn1cc(C[C@H]2CC(=O)N(CCOc3ccc(F)cc3)C2=O)cn1. The van der Waals surface area contributed by atoms with Crippen molar-refractivity contribution in [2.75, 3.05) is 13.2 Å². The van der Waals surface area contributed by atoms with E-state index in [0.29, 0.717) is 12.2 Å². The standard InChI is InChI=1S/C17H18FN3O3/c1-20-11-12(10-19-20)8-13-9-16(22)21(17(13)23)6-7-24-15-4-2-14(18)3-5-15/h2-5,10-11,13H,6-9H2,1H3/t13-/m0/s1. The van der Waals surface area contributed by atoms with Crippen molar-refractivity contribution in [1.29, 1.82) is 0 Å². The van der Waals surface area contributed by atoms with E-state index in [1.807, 2.05) is 13.2 Å². The summed E-state index contributed by atoms with van der Waals surface area (Å²) in [5, 5.41) is 4.07. The van der Waals surface area contributed by atoms with Crippen LogP contribution in [0.15, 0.2) is 36.7 Å². The second kappa shape index (κ2) is 6.82. The third-order valence-corrected chi connectivity index (χ3v) is 3.98. The number of aryl methyl sites for hydroxylation is 1. The lowest BCUT2D eigenvalue weighted by atomic mass is 10.0. The molecule has 1 aromatic heterocycles. The molecule has 0 radical (unpaired) electrons. The second-order valence-electron chi connectivity index (χ2n) is 5.81. The van der Waals surface area contributed by atoms with Crippen molar-refractivity contribution in [1.82, 2.24) is 14.7 Å². The van der Waals surface area contributed by atoms with Gasteiger partial charge < -0.3 is 4.74 Å². The first kappa shape index (κ1) is 16.2. The Morgan fingerprint density at radius 3 is 2.71 bits per heavy atom. The molecule has 6 nitrogen and oxygen atoms in total. The number of imide groups is 1. The molecule has 0 bridgehead atoms. The number of hydrogen-bond donors (Lipinski definition) is 0. The first-order chi connectivity index (χ1) is 11.5. The minimum absolute atomic E-state index is 0.174. The maximum Gasteiger partial charge on any atom is 0.233 e. The third-order valence-electron chi connectivity index (χ3n) is 3.98. The first-order valence-electron chi connectivity index (χ1n) is 7.73. The number of nitrogens with zero attached hydrogens (tertiary/aromatic N) is 3. The number of aromatic nitrogens is 2. The summed E-state index contributed by atoms with van der Waals surface area (Å²) in [6.07, 6.45) is 4.27. The number of rotatable bonds is 6. The average molecular weight is 331 g/mol. The van der Waals surface area contributed by atoms with Crippen LogP contribution in [0.2, 0.25) is 0 Å². The summed E-state index contributed by atoms with van der Waals surface area (Å²) >= 11 is 0. The fourth-order valence-corrected chi connectivity index (χ4v) is 2.79. The molecule has 0 unspecified atom stereocenters. The molecule has 1 aliphatic rings. The highest BCUT2D eigenvalue weighted by atomic mass is 19.1. The molecule has 2 aromatic rings. The highest BCUT2D eigenvalue weighted by Crippen LogP contribution is 2.23. The Balaban J connectivity index is 1.53. The molecule has 0 aliphatic carbocycles. The Hall–Kier alpha value is -2.70. The van der Waals surface area contributed by atoms with E-state index >= 15 is 0 Å². The fourth-order valence-electron chi connectivity index (χ4n) is 2.79. The van der Waals surface area contributed by atoms with Gasteiger partial charge in [0.05, 0.1) is 18.7 Å². The quantitative estimate of drug-likeness (QED) is 0.754. The van der Waals surface area contributed by atoms with Crippen molar-refractivity contribution in [3.8, 4) is 5.75 Å². The summed E-state index contributed by atoms with van der Waals surface area (Å²) in [7, 11) is 1.81. The Labute approximate surface area is 138 Å². The minimum Gasteiger partial charge on any atom is -0.492 e. The fraction of sp³-hybridized carbons (Fsp3) is 0.353. The molecule has 0 saturated carbocycles. The molecule has 3 rings (SSSR count). The van der Waals surface area contributed by atoms with E-state index in [-0.39, 0.29) is 43.1 Å². The molecule has 24 heavy (non-hydrogen) atoms. The van der Waals surface area contributed by atoms with Crippen LogP contribution < -0.4 is 4.74 Å². The maximum absolute atomic E-state index is 12.8. The largest absolute Gasteiger partial charge is 0.492 e. The Kier molecular flexibility index (Phi) is 4.59. The van der Waals surface area contributed by atoms with Crippen molar-refractivity contribution in [3.63, 3.8) is 0 Å². The number of ether oxygens (including phenoxy) is 1. The van der Waals surface area contributed by atoms with Crippen molar-refractivity contribution in [2.45, 2.75) is 12.8 Å². The smallest absolute Gasteiger partial charge is 0.233 e. The lowest BCUT2D eigenvalue weighted by Crippen LogP contribution is -2.34. The minimum atomic E-state index is -0.342. The zero-order valence-electron chi connectivity index (χ0n) is 13.3. The molecule has 2 heterocycles. The summed E-state index contributed by atoms with van der Waals surface area (Å²) in [4.78, 5) is 25.7. The monoisotopic (exact) mass is 331 g/mol. The number of carbonyl (C=O) groups is 2. The molecule has 7 heteroatoms. The van der Waals surface area contributed by atoms with Crippen LogP contribution in [-0.2, 0) is 23.1 Å². The first-order valence-corrected chi connectivity index (χ1v) is 7.73. The van der Waals surface area contributed by atoms with Crippen LogP contribution in [0.5, 0.6) is 5.75 Å². The van der Waals surface area contributed by atoms with Crippen molar-refractivity contribution in [3.05, 3.63) is 48.0 Å². The molecule has 1 aromatic carbocycles. The molecule has 126 valence electrons. The molecule has 1 fully saturated rings. The Morgan fingerprint density at radius 1 is 1.29 bits per heavy atom. The van der Waals surface area contributed by atoms with Gasteiger partial charge in [0.25, 0.3) is 0 Å². The van der Waals surface area contributed by atoms with Crippen molar-refractivity contribution in [2.24, 2.45) is 13.0 Å². The van der Waals surface area contributed by atoms with E-state index in [1.165, 1.54) is 29.2 Å². The maximum atomic E-state index is 12.8. The summed E-state index contributed by atoms with van der Waals surface area (Å²) in [5.41, 5.74) is 0.938. The third kappa shape index (κ3) is 3.61. The molecule has 1 atom stereocenters. The van der Waals surface area contributed by atoms with Crippen LogP contribution in [0.4, 0.5) is 4.39 Å². The lowest BCUT2D eigenvalue weighted by molar-refractivity contribution is -0.139. The van der Waals surface area contributed by atoms with Gasteiger partial charge in [-0.25, -0.2) is 4.39 Å². The highest BCUT2D eigenvalue weighted by molar-refractivity contribution is 6.03. The van der Waals surface area contributed by atoms with Crippen LogP contribution in [0.25, 0.3) is 0 Å². The zero-order valence-corrected chi connectivity index (χ0v) is 13.3. The van der Waals surface area contributed by atoms with E-state index in [1.54, 1.807) is 10.9 Å². The van der Waals surface area contributed by atoms with Crippen molar-refractivity contribution >= 4 is 11.8 Å². The van der Waals surface area contributed by atoms with E-state index < -0.39 is 0 Å². The average Bonchev–Trinajstić information content (AvgIpc) is 3.07. The topological polar surface area (TPSA) is 64.4 Å². The van der Waals surface area contributed by atoms with Gasteiger partial charge in [-0.3, -0.25) is 19.2 Å². The van der Waals surface area contributed by atoms with E-state index in [9.17, 15) is 14.0 Å². The van der Waals surface area contributed by atoms with Gasteiger partial charge in [-0.15, -0.1) is 0 Å². The van der Waals surface area contributed by atoms with Gasteiger partial charge in [0, 0.05) is 19.7 Å². The molecule has 0 spiro atoms. The van der Waals surface area contributed by atoms with Crippen LogP contribution in [0, 0.1) is 11.7 Å². The van der Waals surface area contributed by atoms with Gasteiger partial charge in [-0.1, -0.05) is 0 Å². The number of halogens is 1. The van der Waals surface area contributed by atoms with Crippen LogP contribution in [-0.4, -0.2) is 39.6 Å². The van der Waals surface area contributed by atoms with Crippen LogP contribution in [0.1, 0.15) is 12.0 Å². The number of hydrogen-bond acceptors (Lipinski definition) is 4. The van der Waals surface area contributed by atoms with E-state index in [4.69, 9.17) is 4.74 Å². The normalized spacial score (nSPS) is 17.6. The predicted octanol–water partition coefficient (Wildman–Crippen LogP) is 1.56. The van der Waals surface area contributed by atoms with Gasteiger partial charge >= 0.3 is 0 Å². The van der Waals surface area contributed by atoms with Crippen LogP contribution >= 0.6 is 0 Å². The summed E-state index contributed by atoms with van der Waals surface area (Å²) in [5.74, 6) is -0.538. The summed E-state index contributed by atoms with van der Waals surface area (Å²) in [6, 6.07) is 5.61. The molecular weight excluding hydrogens is 313 g/mol. The number of benzene rings is 1. The van der Waals surface area contributed by atoms with Gasteiger partial charge in [-0.05, 0) is 36.2 Å². The molecule has 2 amide bonds. The molecule has 0 N–H and O–H groups in total.